The second-order valence-electron chi connectivity index (χ2n) is 3.87. The molecule has 2 aliphatic rings. The second kappa shape index (κ2) is 4.45. The summed E-state index contributed by atoms with van der Waals surface area (Å²) in [5.74, 6) is 0. The van der Waals surface area contributed by atoms with Crippen molar-refractivity contribution in [3.8, 4) is 0 Å². The van der Waals surface area contributed by atoms with Gasteiger partial charge in [-0.3, -0.25) is 0 Å². The van der Waals surface area contributed by atoms with Gasteiger partial charge in [-0.15, -0.1) is 0 Å². The van der Waals surface area contributed by atoms with Gasteiger partial charge in [0, 0.05) is 0 Å². The highest BCUT2D eigenvalue weighted by Gasteiger charge is 2.08. The average molecular weight is 173 g/mol. The van der Waals surface area contributed by atoms with E-state index in [4.69, 9.17) is 0 Å². The van der Waals surface area contributed by atoms with E-state index in [-0.39, 0.29) is 0 Å². The van der Waals surface area contributed by atoms with Crippen molar-refractivity contribution in [2.45, 2.75) is 44.9 Å². The molecule has 1 radical (unpaired) electrons. The smallest absolute Gasteiger partial charge is 0.0241 e. The summed E-state index contributed by atoms with van der Waals surface area (Å²) in [5, 5.41) is 0. The molecule has 0 unspecified atom stereocenters. The first-order valence-electron chi connectivity index (χ1n) is 5.42. The molecule has 0 aromatic heterocycles. The third-order valence-corrected chi connectivity index (χ3v) is 2.84. The molecule has 0 fully saturated rings. The largest absolute Gasteiger partial charge is 0.0842 e. The third kappa shape index (κ3) is 2.33. The lowest BCUT2D eigenvalue weighted by molar-refractivity contribution is 0.708. The Labute approximate surface area is 81.0 Å². The van der Waals surface area contributed by atoms with Gasteiger partial charge in [-0.05, 0) is 55.7 Å². The van der Waals surface area contributed by atoms with Crippen LogP contribution in [0.4, 0.5) is 0 Å². The van der Waals surface area contributed by atoms with Crippen molar-refractivity contribution < 1.29 is 0 Å². The Bertz CT molecular complexity index is 253. The van der Waals surface area contributed by atoms with Gasteiger partial charge in [0.15, 0.2) is 0 Å². The van der Waals surface area contributed by atoms with Gasteiger partial charge in [0.05, 0.1) is 0 Å². The van der Waals surface area contributed by atoms with Crippen LogP contribution in [0.15, 0.2) is 29.4 Å². The van der Waals surface area contributed by atoms with Crippen LogP contribution < -0.4 is 0 Å². The summed E-state index contributed by atoms with van der Waals surface area (Å²) in [4.78, 5) is 0. The topological polar surface area (TPSA) is 0 Å². The summed E-state index contributed by atoms with van der Waals surface area (Å²) in [5.41, 5.74) is 3.06. The fraction of sp³-hybridized carbons (Fsp3) is 0.538. The van der Waals surface area contributed by atoms with Crippen LogP contribution in [0.25, 0.3) is 0 Å². The molecule has 2 rings (SSSR count). The average Bonchev–Trinajstić information content (AvgIpc) is 2.47. The molecule has 0 nitrogen and oxygen atoms in total. The predicted octanol–water partition coefficient (Wildman–Crippen LogP) is 3.96. The van der Waals surface area contributed by atoms with Crippen molar-refractivity contribution in [1.82, 2.24) is 0 Å². The molecule has 0 atom stereocenters. The zero-order valence-electron chi connectivity index (χ0n) is 8.18. The van der Waals surface area contributed by atoms with Gasteiger partial charge in [-0.25, -0.2) is 0 Å². The van der Waals surface area contributed by atoms with Gasteiger partial charge in [-0.1, -0.05) is 24.6 Å². The molecule has 13 heavy (non-hydrogen) atoms. The Morgan fingerprint density at radius 3 is 2.92 bits per heavy atom. The lowest BCUT2D eigenvalue weighted by atomic mass is 9.94. The lowest BCUT2D eigenvalue weighted by Crippen LogP contribution is -1.92. The summed E-state index contributed by atoms with van der Waals surface area (Å²) in [7, 11) is 0. The minimum absolute atomic E-state index is 1.18. The normalized spacial score (nSPS) is 23.4. The summed E-state index contributed by atoms with van der Waals surface area (Å²) in [6.45, 7) is 0. The molecule has 69 valence electrons. The summed E-state index contributed by atoms with van der Waals surface area (Å²) >= 11 is 0. The number of hydrogen-bond donors (Lipinski definition) is 0. The first kappa shape index (κ1) is 8.80. The molecule has 0 spiro atoms. The fourth-order valence-corrected chi connectivity index (χ4v) is 2.06. The number of hydrogen-bond acceptors (Lipinski definition) is 0. The maximum atomic E-state index is 3.57. The molecule has 0 bridgehead atoms. The Morgan fingerprint density at radius 1 is 1.08 bits per heavy atom. The Kier molecular flexibility index (Phi) is 3.02. The minimum atomic E-state index is 1.18. The number of rotatable bonds is 1. The van der Waals surface area contributed by atoms with Crippen LogP contribution in [0.5, 0.6) is 0 Å². The molecule has 0 saturated carbocycles. The molecule has 0 heteroatoms. The molecular weight excluding hydrogens is 156 g/mol. The Morgan fingerprint density at radius 2 is 2.08 bits per heavy atom. The van der Waals surface area contributed by atoms with Crippen LogP contribution in [0.1, 0.15) is 44.9 Å². The summed E-state index contributed by atoms with van der Waals surface area (Å²) in [6, 6.07) is 0. The van der Waals surface area contributed by atoms with E-state index in [0.29, 0.717) is 0 Å². The second-order valence-corrected chi connectivity index (χ2v) is 3.87. The Balaban J connectivity index is 2.09. The van der Waals surface area contributed by atoms with Crippen molar-refractivity contribution in [2.24, 2.45) is 0 Å². The molecule has 0 N–H and O–H groups in total. The standard InChI is InChI=1S/C13H17/c1-2-5-9-12(8-4-1)13-10-6-3-7-11-13/h3,6,10H,1-2,4-5,7-8,11H2. The van der Waals surface area contributed by atoms with Gasteiger partial charge in [-0.2, -0.15) is 0 Å². The Hall–Kier alpha value is -0.780. The molecule has 2 aliphatic carbocycles. The lowest BCUT2D eigenvalue weighted by Gasteiger charge is -2.11. The molecule has 0 aromatic carbocycles. The highest BCUT2D eigenvalue weighted by Crippen LogP contribution is 2.27. The van der Waals surface area contributed by atoms with Gasteiger partial charge in [0.25, 0.3) is 0 Å². The van der Waals surface area contributed by atoms with Crippen molar-refractivity contribution >= 4 is 0 Å². The summed E-state index contributed by atoms with van der Waals surface area (Å²) in [6.07, 6.45) is 19.3. The van der Waals surface area contributed by atoms with E-state index in [1.165, 1.54) is 50.5 Å². The molecule has 0 amide bonds. The van der Waals surface area contributed by atoms with Crippen molar-refractivity contribution in [3.05, 3.63) is 35.5 Å². The van der Waals surface area contributed by atoms with Crippen molar-refractivity contribution in [1.29, 1.82) is 0 Å². The van der Waals surface area contributed by atoms with E-state index >= 15 is 0 Å². The molecule has 0 heterocycles. The van der Waals surface area contributed by atoms with Crippen molar-refractivity contribution in [3.63, 3.8) is 0 Å². The molecular formula is C13H17. The first-order chi connectivity index (χ1) is 6.47. The van der Waals surface area contributed by atoms with Gasteiger partial charge < -0.3 is 0 Å². The van der Waals surface area contributed by atoms with E-state index in [1.54, 1.807) is 5.57 Å². The van der Waals surface area contributed by atoms with Crippen LogP contribution in [-0.4, -0.2) is 0 Å². The minimum Gasteiger partial charge on any atom is -0.0842 e. The van der Waals surface area contributed by atoms with Crippen LogP contribution in [-0.2, 0) is 0 Å². The molecule has 0 saturated heterocycles. The number of allylic oxidation sites excluding steroid dienone is 6. The zero-order valence-corrected chi connectivity index (χ0v) is 8.18. The molecule has 0 aliphatic heterocycles. The maximum absolute atomic E-state index is 3.57. The van der Waals surface area contributed by atoms with Crippen molar-refractivity contribution in [2.75, 3.05) is 0 Å². The fourth-order valence-electron chi connectivity index (χ4n) is 2.06. The third-order valence-electron chi connectivity index (χ3n) is 2.84. The summed E-state index contributed by atoms with van der Waals surface area (Å²) < 4.78 is 0. The molecule has 0 aromatic rings. The zero-order chi connectivity index (χ0) is 8.93. The van der Waals surface area contributed by atoms with E-state index < -0.39 is 0 Å². The SMILES string of the molecule is [C]1=C(C2=CC=CCC2)CCCCC1. The quantitative estimate of drug-likeness (QED) is 0.563. The van der Waals surface area contributed by atoms with Gasteiger partial charge >= 0.3 is 0 Å². The van der Waals surface area contributed by atoms with E-state index in [1.807, 2.05) is 0 Å². The van der Waals surface area contributed by atoms with Gasteiger partial charge in [0.1, 0.15) is 0 Å². The van der Waals surface area contributed by atoms with E-state index in [0.717, 1.165) is 0 Å². The highest BCUT2D eigenvalue weighted by atomic mass is 14.1. The monoisotopic (exact) mass is 173 g/mol. The van der Waals surface area contributed by atoms with E-state index in [2.05, 4.69) is 24.3 Å². The van der Waals surface area contributed by atoms with Crippen LogP contribution >= 0.6 is 0 Å². The van der Waals surface area contributed by atoms with Gasteiger partial charge in [0.2, 0.25) is 0 Å². The van der Waals surface area contributed by atoms with Crippen LogP contribution in [0, 0.1) is 6.08 Å². The van der Waals surface area contributed by atoms with Crippen LogP contribution in [0.3, 0.4) is 0 Å². The maximum Gasteiger partial charge on any atom is -0.0241 e. The predicted molar refractivity (Wildman–Crippen MR) is 56.3 cm³/mol. The van der Waals surface area contributed by atoms with Crippen LogP contribution in [0.2, 0.25) is 0 Å². The first-order valence-corrected chi connectivity index (χ1v) is 5.42. The van der Waals surface area contributed by atoms with E-state index in [9.17, 15) is 0 Å². The highest BCUT2D eigenvalue weighted by molar-refractivity contribution is 5.34.